The van der Waals surface area contributed by atoms with Gasteiger partial charge in [0.15, 0.2) is 0 Å². The predicted octanol–water partition coefficient (Wildman–Crippen LogP) is 5.48. The summed E-state index contributed by atoms with van der Waals surface area (Å²) in [7, 11) is 0. The molecule has 0 aromatic heterocycles. The molecule has 0 fully saturated rings. The third-order valence-electron chi connectivity index (χ3n) is 5.19. The molecule has 0 radical (unpaired) electrons. The van der Waals surface area contributed by atoms with Crippen molar-refractivity contribution in [2.24, 2.45) is 11.0 Å². The largest absolute Gasteiger partial charge is 0.257 e. The zero-order valence-corrected chi connectivity index (χ0v) is 14.4. The Hall–Kier alpha value is -2.58. The van der Waals surface area contributed by atoms with E-state index in [0.717, 1.165) is 17.1 Å². The Kier molecular flexibility index (Phi) is 3.39. The number of nitrogens with zero attached hydrogens (tertiary/aromatic N) is 2. The molecule has 3 aromatic rings. The maximum absolute atomic E-state index is 6.08. The molecule has 25 heavy (non-hydrogen) atoms. The van der Waals surface area contributed by atoms with Crippen LogP contribution in [-0.4, -0.2) is 5.71 Å². The Morgan fingerprint density at radius 2 is 1.56 bits per heavy atom. The molecular formula is C22H17ClN2. The van der Waals surface area contributed by atoms with Crippen molar-refractivity contribution in [1.82, 2.24) is 0 Å². The lowest BCUT2D eigenvalue weighted by molar-refractivity contribution is 0.597. The second-order valence-corrected chi connectivity index (χ2v) is 7.06. The zero-order valence-electron chi connectivity index (χ0n) is 13.6. The number of benzene rings is 3. The Bertz CT molecular complexity index is 947. The Morgan fingerprint density at radius 3 is 2.36 bits per heavy atom. The number of rotatable bonds is 2. The second-order valence-electron chi connectivity index (χ2n) is 6.63. The molecule has 0 unspecified atom stereocenters. The van der Waals surface area contributed by atoms with Crippen molar-refractivity contribution in [3.8, 4) is 0 Å². The lowest BCUT2D eigenvalue weighted by Gasteiger charge is -2.24. The SMILES string of the molecule is Clc1ccc(N2N=C(c3ccccc3)[C@@H]3Cc4ccccc4[C@@H]32)cc1. The van der Waals surface area contributed by atoms with Crippen molar-refractivity contribution in [3.63, 3.8) is 0 Å². The van der Waals surface area contributed by atoms with E-state index in [1.54, 1.807) is 0 Å². The van der Waals surface area contributed by atoms with Gasteiger partial charge in [-0.15, -0.1) is 0 Å². The van der Waals surface area contributed by atoms with E-state index in [2.05, 4.69) is 71.7 Å². The zero-order chi connectivity index (χ0) is 16.8. The normalized spacial score (nSPS) is 21.0. The number of halogens is 1. The molecule has 2 aliphatic rings. The van der Waals surface area contributed by atoms with Crippen LogP contribution in [0, 0.1) is 5.92 Å². The van der Waals surface area contributed by atoms with Gasteiger partial charge in [0, 0.05) is 10.9 Å². The third-order valence-corrected chi connectivity index (χ3v) is 5.44. The molecule has 0 saturated heterocycles. The quantitative estimate of drug-likeness (QED) is 0.601. The smallest absolute Gasteiger partial charge is 0.0865 e. The van der Waals surface area contributed by atoms with Crippen LogP contribution in [0.1, 0.15) is 22.7 Å². The van der Waals surface area contributed by atoms with E-state index >= 15 is 0 Å². The van der Waals surface area contributed by atoms with Gasteiger partial charge in [0.2, 0.25) is 0 Å². The molecule has 2 atom stereocenters. The van der Waals surface area contributed by atoms with Crippen LogP contribution in [0.4, 0.5) is 5.69 Å². The Morgan fingerprint density at radius 1 is 0.840 bits per heavy atom. The Balaban J connectivity index is 1.65. The average Bonchev–Trinajstić information content (AvgIpc) is 3.20. The predicted molar refractivity (Wildman–Crippen MR) is 103 cm³/mol. The highest BCUT2D eigenvalue weighted by atomic mass is 35.5. The standard InChI is InChI=1S/C22H17ClN2/c23-17-10-12-18(13-11-17)25-22-19-9-5-4-8-16(19)14-20(22)21(24-25)15-6-2-1-3-7-15/h1-13,20,22H,14H2/t20-,22-/m0/s1. The van der Waals surface area contributed by atoms with Gasteiger partial charge >= 0.3 is 0 Å². The number of anilines is 1. The van der Waals surface area contributed by atoms with Crippen molar-refractivity contribution in [2.45, 2.75) is 12.5 Å². The third kappa shape index (κ3) is 2.37. The van der Waals surface area contributed by atoms with Gasteiger partial charge in [0.1, 0.15) is 0 Å². The lowest BCUT2D eigenvalue weighted by atomic mass is 9.92. The minimum Gasteiger partial charge on any atom is -0.257 e. The summed E-state index contributed by atoms with van der Waals surface area (Å²) in [6.45, 7) is 0. The van der Waals surface area contributed by atoms with E-state index in [9.17, 15) is 0 Å². The van der Waals surface area contributed by atoms with Crippen LogP contribution in [-0.2, 0) is 6.42 Å². The summed E-state index contributed by atoms with van der Waals surface area (Å²) in [5.41, 5.74) is 6.29. The van der Waals surface area contributed by atoms with Crippen LogP contribution in [0.25, 0.3) is 0 Å². The molecule has 5 rings (SSSR count). The summed E-state index contributed by atoms with van der Waals surface area (Å²) in [5, 5.41) is 7.97. The van der Waals surface area contributed by atoms with Crippen LogP contribution in [0.3, 0.4) is 0 Å². The highest BCUT2D eigenvalue weighted by Crippen LogP contribution is 2.48. The van der Waals surface area contributed by atoms with Gasteiger partial charge in [-0.05, 0) is 47.4 Å². The summed E-state index contributed by atoms with van der Waals surface area (Å²) in [6, 6.07) is 27.5. The van der Waals surface area contributed by atoms with Crippen LogP contribution >= 0.6 is 11.6 Å². The van der Waals surface area contributed by atoms with Crippen molar-refractivity contribution in [3.05, 3.63) is 101 Å². The van der Waals surface area contributed by atoms with Crippen molar-refractivity contribution in [2.75, 3.05) is 5.01 Å². The van der Waals surface area contributed by atoms with E-state index in [1.165, 1.54) is 22.4 Å². The van der Waals surface area contributed by atoms with Gasteiger partial charge in [-0.2, -0.15) is 5.10 Å². The first-order chi connectivity index (χ1) is 12.3. The van der Waals surface area contributed by atoms with Crippen molar-refractivity contribution >= 4 is 23.0 Å². The lowest BCUT2D eigenvalue weighted by Crippen LogP contribution is -2.22. The minimum absolute atomic E-state index is 0.257. The molecule has 0 saturated carbocycles. The first-order valence-corrected chi connectivity index (χ1v) is 8.95. The van der Waals surface area contributed by atoms with Gasteiger partial charge in [0.25, 0.3) is 0 Å². The topological polar surface area (TPSA) is 15.6 Å². The van der Waals surface area contributed by atoms with E-state index in [0.29, 0.717) is 5.92 Å². The summed E-state index contributed by atoms with van der Waals surface area (Å²) in [6.07, 6.45) is 1.04. The highest BCUT2D eigenvalue weighted by molar-refractivity contribution is 6.30. The number of fused-ring (bicyclic) bond motifs is 3. The second kappa shape index (κ2) is 5.75. The monoisotopic (exact) mass is 344 g/mol. The van der Waals surface area contributed by atoms with Gasteiger partial charge in [-0.3, -0.25) is 5.01 Å². The first kappa shape index (κ1) is 14.7. The van der Waals surface area contributed by atoms with Crippen LogP contribution in [0.15, 0.2) is 84.0 Å². The summed E-state index contributed by atoms with van der Waals surface area (Å²) < 4.78 is 0. The first-order valence-electron chi connectivity index (χ1n) is 8.58. The fourth-order valence-electron chi connectivity index (χ4n) is 4.07. The molecule has 0 bridgehead atoms. The fraction of sp³-hybridized carbons (Fsp3) is 0.136. The number of hydrazone groups is 1. The molecule has 1 heterocycles. The van der Waals surface area contributed by atoms with Gasteiger partial charge < -0.3 is 0 Å². The van der Waals surface area contributed by atoms with Gasteiger partial charge in [-0.1, -0.05) is 66.2 Å². The summed E-state index contributed by atoms with van der Waals surface area (Å²) in [4.78, 5) is 0. The molecular weight excluding hydrogens is 328 g/mol. The van der Waals surface area contributed by atoms with E-state index in [4.69, 9.17) is 16.7 Å². The minimum atomic E-state index is 0.257. The molecule has 3 aromatic carbocycles. The molecule has 0 amide bonds. The molecule has 122 valence electrons. The molecule has 2 nitrogen and oxygen atoms in total. The van der Waals surface area contributed by atoms with Crippen LogP contribution in [0.5, 0.6) is 0 Å². The summed E-state index contributed by atoms with van der Waals surface area (Å²) in [5.74, 6) is 0.385. The molecule has 3 heteroatoms. The molecule has 0 spiro atoms. The van der Waals surface area contributed by atoms with Crippen molar-refractivity contribution in [1.29, 1.82) is 0 Å². The van der Waals surface area contributed by atoms with Crippen LogP contribution in [0.2, 0.25) is 5.02 Å². The van der Waals surface area contributed by atoms with Gasteiger partial charge in [0.05, 0.1) is 17.4 Å². The summed E-state index contributed by atoms with van der Waals surface area (Å²) >= 11 is 6.08. The molecule has 1 aliphatic carbocycles. The van der Waals surface area contributed by atoms with E-state index in [-0.39, 0.29) is 6.04 Å². The maximum atomic E-state index is 6.08. The molecule has 0 N–H and O–H groups in total. The average molecular weight is 345 g/mol. The van der Waals surface area contributed by atoms with E-state index < -0.39 is 0 Å². The maximum Gasteiger partial charge on any atom is 0.0865 e. The van der Waals surface area contributed by atoms with Gasteiger partial charge in [-0.25, -0.2) is 0 Å². The number of hydrogen-bond donors (Lipinski definition) is 0. The Labute approximate surface area is 152 Å². The molecule has 1 aliphatic heterocycles. The van der Waals surface area contributed by atoms with Crippen LogP contribution < -0.4 is 5.01 Å². The van der Waals surface area contributed by atoms with E-state index in [1.807, 2.05) is 12.1 Å². The van der Waals surface area contributed by atoms with Crippen molar-refractivity contribution < 1.29 is 0 Å². The fourth-order valence-corrected chi connectivity index (χ4v) is 4.19. The number of hydrogen-bond acceptors (Lipinski definition) is 2. The highest BCUT2D eigenvalue weighted by Gasteiger charge is 2.44.